The van der Waals surface area contributed by atoms with Crippen molar-refractivity contribution in [3.63, 3.8) is 0 Å². The number of aliphatic carboxylic acids is 1. The second-order valence-electron chi connectivity index (χ2n) is 7.26. The highest BCUT2D eigenvalue weighted by molar-refractivity contribution is 5.90. The zero-order valence-corrected chi connectivity index (χ0v) is 17.4. The number of nitrogens with zero attached hydrogens (tertiary/aromatic N) is 3. The molecule has 0 aliphatic rings. The fraction of sp³-hybridized carbons (Fsp3) is 0.217. The van der Waals surface area contributed by atoms with E-state index < -0.39 is 5.97 Å². The second kappa shape index (κ2) is 8.06. The number of pyridine rings is 2. The van der Waals surface area contributed by atoms with E-state index in [0.29, 0.717) is 33.8 Å². The number of fused-ring (bicyclic) bond motifs is 1. The first-order valence-corrected chi connectivity index (χ1v) is 9.68. The van der Waals surface area contributed by atoms with Crippen LogP contribution in [-0.4, -0.2) is 32.9 Å². The number of benzene rings is 1. The van der Waals surface area contributed by atoms with E-state index in [9.17, 15) is 14.7 Å². The molecule has 3 aromatic heterocycles. The van der Waals surface area contributed by atoms with Crippen molar-refractivity contribution in [3.05, 3.63) is 75.7 Å². The molecule has 0 spiro atoms. The molecule has 8 nitrogen and oxygen atoms in total. The second-order valence-corrected chi connectivity index (χ2v) is 7.26. The Hall–Kier alpha value is -3.94. The van der Waals surface area contributed by atoms with Gasteiger partial charge in [-0.3, -0.25) is 14.6 Å². The molecule has 0 aliphatic carbocycles. The van der Waals surface area contributed by atoms with Crippen molar-refractivity contribution in [1.29, 1.82) is 0 Å². The van der Waals surface area contributed by atoms with Crippen LogP contribution in [0.2, 0.25) is 0 Å². The van der Waals surface area contributed by atoms with Crippen LogP contribution in [0, 0.1) is 13.8 Å². The quantitative estimate of drug-likeness (QED) is 0.511. The van der Waals surface area contributed by atoms with Gasteiger partial charge in [-0.2, -0.15) is 0 Å². The van der Waals surface area contributed by atoms with Crippen LogP contribution in [0.4, 0.5) is 0 Å². The Morgan fingerprint density at radius 3 is 2.65 bits per heavy atom. The van der Waals surface area contributed by atoms with Crippen LogP contribution in [0.5, 0.6) is 5.75 Å². The summed E-state index contributed by atoms with van der Waals surface area (Å²) in [5.74, 6) is 0.130. The predicted molar refractivity (Wildman–Crippen MR) is 114 cm³/mol. The maximum Gasteiger partial charge on any atom is 0.308 e. The van der Waals surface area contributed by atoms with E-state index in [-0.39, 0.29) is 24.1 Å². The highest BCUT2D eigenvalue weighted by Gasteiger charge is 2.20. The number of carboxylic acid groups (broad SMARTS) is 1. The van der Waals surface area contributed by atoms with E-state index in [1.165, 1.54) is 4.57 Å². The first-order valence-electron chi connectivity index (χ1n) is 9.68. The molecule has 0 saturated heterocycles. The molecular formula is C23H21N3O5. The minimum atomic E-state index is -1.07. The Balaban J connectivity index is 2.01. The Bertz CT molecular complexity index is 1320. The van der Waals surface area contributed by atoms with Crippen molar-refractivity contribution in [3.8, 4) is 16.9 Å². The Morgan fingerprint density at radius 2 is 2.03 bits per heavy atom. The number of carboxylic acids is 1. The van der Waals surface area contributed by atoms with Crippen LogP contribution in [-0.2, 0) is 17.8 Å². The smallest absolute Gasteiger partial charge is 0.308 e. The van der Waals surface area contributed by atoms with Gasteiger partial charge in [0.1, 0.15) is 11.5 Å². The Kier molecular flexibility index (Phi) is 5.29. The molecule has 0 radical (unpaired) electrons. The van der Waals surface area contributed by atoms with Gasteiger partial charge in [0.25, 0.3) is 5.56 Å². The molecular weight excluding hydrogens is 398 g/mol. The van der Waals surface area contributed by atoms with E-state index in [0.717, 1.165) is 11.1 Å². The molecule has 0 atom stereocenters. The summed E-state index contributed by atoms with van der Waals surface area (Å²) in [6, 6.07) is 10.7. The monoisotopic (exact) mass is 419 g/mol. The molecule has 0 unspecified atom stereocenters. The van der Waals surface area contributed by atoms with Crippen LogP contribution in [0.25, 0.3) is 22.0 Å². The van der Waals surface area contributed by atoms with E-state index >= 15 is 0 Å². The molecule has 4 rings (SSSR count). The number of aromatic nitrogens is 3. The number of carbonyl (C=O) groups is 1. The van der Waals surface area contributed by atoms with Gasteiger partial charge in [-0.25, -0.2) is 0 Å². The van der Waals surface area contributed by atoms with Gasteiger partial charge in [0, 0.05) is 23.4 Å². The Labute approximate surface area is 177 Å². The average Bonchev–Trinajstić information content (AvgIpc) is 3.08. The summed E-state index contributed by atoms with van der Waals surface area (Å²) in [4.78, 5) is 28.8. The molecule has 0 saturated carbocycles. The van der Waals surface area contributed by atoms with Crippen LogP contribution < -0.4 is 10.3 Å². The molecule has 1 aromatic carbocycles. The van der Waals surface area contributed by atoms with Crippen LogP contribution in [0.1, 0.15) is 22.7 Å². The summed E-state index contributed by atoms with van der Waals surface area (Å²) in [6.45, 7) is 3.86. The van der Waals surface area contributed by atoms with Crippen molar-refractivity contribution >= 4 is 16.9 Å². The molecule has 0 fully saturated rings. The molecule has 1 N–H and O–H groups in total. The number of ether oxygens (including phenoxy) is 1. The maximum absolute atomic E-state index is 13.2. The predicted octanol–water partition coefficient (Wildman–Crippen LogP) is 3.35. The SMILES string of the molecule is COc1cc2c(cc1-c1c(C)noc1C)cc(CC(=O)O)c(=O)n2Cc1ccccn1. The van der Waals surface area contributed by atoms with Gasteiger partial charge < -0.3 is 18.9 Å². The number of hydrogen-bond acceptors (Lipinski definition) is 6. The van der Waals surface area contributed by atoms with Gasteiger partial charge in [0.15, 0.2) is 0 Å². The van der Waals surface area contributed by atoms with Gasteiger partial charge in [-0.05, 0) is 43.5 Å². The third-order valence-electron chi connectivity index (χ3n) is 5.18. The summed E-state index contributed by atoms with van der Waals surface area (Å²) in [5, 5.41) is 14.0. The highest BCUT2D eigenvalue weighted by atomic mass is 16.5. The van der Waals surface area contributed by atoms with Gasteiger partial charge in [-0.15, -0.1) is 0 Å². The molecule has 3 heterocycles. The maximum atomic E-state index is 13.2. The van der Waals surface area contributed by atoms with Crippen LogP contribution >= 0.6 is 0 Å². The normalized spacial score (nSPS) is 11.1. The first-order chi connectivity index (χ1) is 14.9. The van der Waals surface area contributed by atoms with E-state index in [2.05, 4.69) is 10.1 Å². The highest BCUT2D eigenvalue weighted by Crippen LogP contribution is 2.37. The summed E-state index contributed by atoms with van der Waals surface area (Å²) in [7, 11) is 1.56. The van der Waals surface area contributed by atoms with Gasteiger partial charge >= 0.3 is 5.97 Å². The molecule has 0 amide bonds. The van der Waals surface area contributed by atoms with Crippen molar-refractivity contribution in [2.75, 3.05) is 7.11 Å². The molecule has 8 heteroatoms. The first kappa shape index (κ1) is 20.3. The summed E-state index contributed by atoms with van der Waals surface area (Å²) in [5.41, 5.74) is 3.42. The number of aryl methyl sites for hydroxylation is 2. The molecule has 0 bridgehead atoms. The molecule has 158 valence electrons. The molecule has 31 heavy (non-hydrogen) atoms. The third-order valence-corrected chi connectivity index (χ3v) is 5.18. The molecule has 4 aromatic rings. The number of rotatable bonds is 6. The van der Waals surface area contributed by atoms with Gasteiger partial charge in [0.05, 0.1) is 42.5 Å². The minimum Gasteiger partial charge on any atom is -0.496 e. The lowest BCUT2D eigenvalue weighted by atomic mass is 9.99. The minimum absolute atomic E-state index is 0.200. The molecule has 0 aliphatic heterocycles. The number of hydrogen-bond donors (Lipinski definition) is 1. The lowest BCUT2D eigenvalue weighted by Crippen LogP contribution is -2.26. The lowest BCUT2D eigenvalue weighted by Gasteiger charge is -2.16. The largest absolute Gasteiger partial charge is 0.496 e. The van der Waals surface area contributed by atoms with Gasteiger partial charge in [0.2, 0.25) is 0 Å². The van der Waals surface area contributed by atoms with Crippen molar-refractivity contribution < 1.29 is 19.2 Å². The fourth-order valence-corrected chi connectivity index (χ4v) is 3.80. The average molecular weight is 419 g/mol. The number of methoxy groups -OCH3 is 1. The zero-order chi connectivity index (χ0) is 22.1. The lowest BCUT2D eigenvalue weighted by molar-refractivity contribution is -0.136. The zero-order valence-electron chi connectivity index (χ0n) is 17.4. The van der Waals surface area contributed by atoms with Crippen molar-refractivity contribution in [2.24, 2.45) is 0 Å². The fourth-order valence-electron chi connectivity index (χ4n) is 3.80. The topological polar surface area (TPSA) is 107 Å². The van der Waals surface area contributed by atoms with E-state index in [1.807, 2.05) is 32.0 Å². The standard InChI is InChI=1S/C23H21N3O5/c1-13-22(14(2)31-25-13)18-9-15-8-16(10-21(27)28)23(29)26(19(15)11-20(18)30-3)12-17-6-4-5-7-24-17/h4-9,11H,10,12H2,1-3H3,(H,27,28). The third kappa shape index (κ3) is 3.79. The van der Waals surface area contributed by atoms with Gasteiger partial charge in [-0.1, -0.05) is 11.2 Å². The summed E-state index contributed by atoms with van der Waals surface area (Å²) in [6.07, 6.45) is 1.28. The van der Waals surface area contributed by atoms with Crippen LogP contribution in [0.15, 0.2) is 51.9 Å². The van der Waals surface area contributed by atoms with Crippen LogP contribution in [0.3, 0.4) is 0 Å². The van der Waals surface area contributed by atoms with E-state index in [4.69, 9.17) is 9.26 Å². The Morgan fingerprint density at radius 1 is 1.23 bits per heavy atom. The van der Waals surface area contributed by atoms with Crippen molar-refractivity contribution in [1.82, 2.24) is 14.7 Å². The van der Waals surface area contributed by atoms with Crippen molar-refractivity contribution in [2.45, 2.75) is 26.8 Å². The summed E-state index contributed by atoms with van der Waals surface area (Å²) < 4.78 is 12.5. The summed E-state index contributed by atoms with van der Waals surface area (Å²) >= 11 is 0. The van der Waals surface area contributed by atoms with E-state index in [1.54, 1.807) is 31.5 Å².